The number of halogens is 1. The average Bonchev–Trinajstić information content (AvgIpc) is 3.21. The molecule has 28 heavy (non-hydrogen) atoms. The number of carbonyl (C=O) groups excluding carboxylic acids is 1. The summed E-state index contributed by atoms with van der Waals surface area (Å²) < 4.78 is 5.09. The molecule has 7 nitrogen and oxygen atoms in total. The third-order valence-corrected chi connectivity index (χ3v) is 5.79. The van der Waals surface area contributed by atoms with Crippen LogP contribution in [0.15, 0.2) is 10.4 Å². The van der Waals surface area contributed by atoms with E-state index in [1.54, 1.807) is 18.3 Å². The topological polar surface area (TPSA) is 88.5 Å². The van der Waals surface area contributed by atoms with Crippen molar-refractivity contribution in [1.29, 1.82) is 0 Å². The van der Waals surface area contributed by atoms with Gasteiger partial charge in [-0.3, -0.25) is 4.99 Å². The van der Waals surface area contributed by atoms with Gasteiger partial charge in [0.05, 0.1) is 29.0 Å². The van der Waals surface area contributed by atoms with Crippen molar-refractivity contribution in [2.45, 2.75) is 47.1 Å². The Morgan fingerprint density at radius 3 is 2.68 bits per heavy atom. The van der Waals surface area contributed by atoms with Crippen LogP contribution in [0.3, 0.4) is 0 Å². The molecule has 2 N–H and O–H groups in total. The summed E-state index contributed by atoms with van der Waals surface area (Å²) in [7, 11) is 0. The Bertz CT molecular complexity index is 791. The van der Waals surface area contributed by atoms with Gasteiger partial charge in [0.2, 0.25) is 0 Å². The number of thiazole rings is 2. The van der Waals surface area contributed by atoms with Crippen LogP contribution in [0, 0.1) is 13.8 Å². The van der Waals surface area contributed by atoms with Crippen LogP contribution in [0.1, 0.15) is 57.9 Å². The Labute approximate surface area is 191 Å². The number of carbonyl (C=O) groups is 1. The number of esters is 1. The van der Waals surface area contributed by atoms with Gasteiger partial charge >= 0.3 is 5.97 Å². The SMILES string of the molecule is CCNC(=NCCc1csc(C)n1)NC(C)c1nc(C)c(C(=O)OCC)s1.I. The normalized spacial score (nSPS) is 12.2. The molecule has 0 aliphatic heterocycles. The first-order chi connectivity index (χ1) is 12.9. The Balaban J connectivity index is 0.00000392. The molecular weight excluding hydrogens is 509 g/mol. The highest BCUT2D eigenvalue weighted by atomic mass is 127. The van der Waals surface area contributed by atoms with E-state index in [4.69, 9.17) is 4.74 Å². The fraction of sp³-hybridized carbons (Fsp3) is 0.556. The van der Waals surface area contributed by atoms with Gasteiger partial charge in [-0.1, -0.05) is 0 Å². The molecule has 2 aromatic heterocycles. The number of hydrogen-bond donors (Lipinski definition) is 2. The minimum absolute atomic E-state index is 0. The second kappa shape index (κ2) is 12.3. The quantitative estimate of drug-likeness (QED) is 0.230. The zero-order valence-corrected chi connectivity index (χ0v) is 20.8. The van der Waals surface area contributed by atoms with Crippen molar-refractivity contribution >= 4 is 58.6 Å². The molecule has 0 saturated heterocycles. The molecule has 1 atom stereocenters. The van der Waals surface area contributed by atoms with Crippen molar-refractivity contribution < 1.29 is 9.53 Å². The van der Waals surface area contributed by atoms with Gasteiger partial charge in [0, 0.05) is 24.9 Å². The van der Waals surface area contributed by atoms with Gasteiger partial charge in [-0.2, -0.15) is 0 Å². The summed E-state index contributed by atoms with van der Waals surface area (Å²) in [5, 5.41) is 10.6. The summed E-state index contributed by atoms with van der Waals surface area (Å²) in [4.78, 5) is 26.2. The smallest absolute Gasteiger partial charge is 0.350 e. The van der Waals surface area contributed by atoms with Crippen molar-refractivity contribution in [2.24, 2.45) is 4.99 Å². The molecule has 0 bridgehead atoms. The lowest BCUT2D eigenvalue weighted by molar-refractivity contribution is 0.0531. The maximum Gasteiger partial charge on any atom is 0.350 e. The fourth-order valence-corrected chi connectivity index (χ4v) is 3.99. The van der Waals surface area contributed by atoms with Gasteiger partial charge in [-0.25, -0.2) is 14.8 Å². The van der Waals surface area contributed by atoms with E-state index in [0.29, 0.717) is 23.7 Å². The molecule has 0 spiro atoms. The minimum atomic E-state index is -0.315. The summed E-state index contributed by atoms with van der Waals surface area (Å²) in [6, 6.07) is -0.0730. The number of guanidine groups is 1. The van der Waals surface area contributed by atoms with E-state index in [0.717, 1.165) is 34.6 Å². The lowest BCUT2D eigenvalue weighted by Crippen LogP contribution is -2.38. The molecule has 2 rings (SSSR count). The van der Waals surface area contributed by atoms with E-state index in [-0.39, 0.29) is 36.0 Å². The van der Waals surface area contributed by atoms with Crippen LogP contribution in [0.5, 0.6) is 0 Å². The third kappa shape index (κ3) is 7.28. The second-order valence-electron chi connectivity index (χ2n) is 5.92. The summed E-state index contributed by atoms with van der Waals surface area (Å²) in [6.45, 7) is 11.4. The molecule has 0 amide bonds. The third-order valence-electron chi connectivity index (χ3n) is 3.65. The van der Waals surface area contributed by atoms with Crippen molar-refractivity contribution in [3.8, 4) is 0 Å². The standard InChI is InChI=1S/C18H27N5O2S2.HI/c1-6-19-18(20-9-8-14-10-26-13(5)23-14)22-12(4)16-21-11(3)15(27-16)17(24)25-7-2;/h10,12H,6-9H2,1-5H3,(H2,19,20,22);1H. The second-order valence-corrected chi connectivity index (χ2v) is 8.01. The van der Waals surface area contributed by atoms with Crippen LogP contribution >= 0.6 is 46.7 Å². The van der Waals surface area contributed by atoms with Gasteiger partial charge in [-0.15, -0.1) is 46.7 Å². The first kappa shape index (κ1) is 24.8. The van der Waals surface area contributed by atoms with Crippen molar-refractivity contribution in [3.05, 3.63) is 31.7 Å². The Hall–Kier alpha value is -1.27. The van der Waals surface area contributed by atoms with Crippen LogP contribution in [0.4, 0.5) is 0 Å². The Morgan fingerprint density at radius 1 is 1.32 bits per heavy atom. The zero-order valence-electron chi connectivity index (χ0n) is 16.9. The van der Waals surface area contributed by atoms with Gasteiger partial charge in [0.1, 0.15) is 9.88 Å². The molecule has 0 saturated carbocycles. The highest BCUT2D eigenvalue weighted by Crippen LogP contribution is 2.24. The number of nitrogens with one attached hydrogen (secondary N) is 2. The summed E-state index contributed by atoms with van der Waals surface area (Å²) in [5.74, 6) is 0.410. The number of rotatable bonds is 8. The van der Waals surface area contributed by atoms with Crippen molar-refractivity contribution in [2.75, 3.05) is 19.7 Å². The first-order valence-corrected chi connectivity index (χ1v) is 10.7. The molecule has 2 aromatic rings. The van der Waals surface area contributed by atoms with E-state index in [1.807, 2.05) is 27.7 Å². The molecule has 0 radical (unpaired) electrons. The molecular formula is C18H28IN5O2S2. The van der Waals surface area contributed by atoms with Gasteiger partial charge < -0.3 is 15.4 Å². The number of aromatic nitrogens is 2. The highest BCUT2D eigenvalue weighted by molar-refractivity contribution is 14.0. The van der Waals surface area contributed by atoms with Crippen molar-refractivity contribution in [1.82, 2.24) is 20.6 Å². The molecule has 0 fully saturated rings. The van der Waals surface area contributed by atoms with E-state index in [1.165, 1.54) is 11.3 Å². The van der Waals surface area contributed by atoms with Crippen molar-refractivity contribution in [3.63, 3.8) is 0 Å². The number of aliphatic imine (C=N–C) groups is 1. The van der Waals surface area contributed by atoms with E-state index < -0.39 is 0 Å². The first-order valence-electron chi connectivity index (χ1n) is 9.04. The number of hydrogen-bond acceptors (Lipinski definition) is 7. The molecule has 156 valence electrons. The maximum atomic E-state index is 12.0. The molecule has 1 unspecified atom stereocenters. The molecule has 0 aliphatic carbocycles. The van der Waals surface area contributed by atoms with Crippen LogP contribution in [-0.2, 0) is 11.2 Å². The van der Waals surface area contributed by atoms with Crippen LogP contribution in [0.25, 0.3) is 0 Å². The fourth-order valence-electron chi connectivity index (χ4n) is 2.38. The lowest BCUT2D eigenvalue weighted by atomic mass is 10.3. The van der Waals surface area contributed by atoms with E-state index >= 15 is 0 Å². The summed E-state index contributed by atoms with van der Waals surface area (Å²) in [5.41, 5.74) is 1.77. The molecule has 10 heteroatoms. The van der Waals surface area contributed by atoms with Gasteiger partial charge in [-0.05, 0) is 34.6 Å². The van der Waals surface area contributed by atoms with E-state index in [2.05, 4.69) is 31.0 Å². The minimum Gasteiger partial charge on any atom is -0.462 e. The monoisotopic (exact) mass is 537 g/mol. The van der Waals surface area contributed by atoms with Crippen LogP contribution in [0.2, 0.25) is 0 Å². The van der Waals surface area contributed by atoms with Gasteiger partial charge in [0.15, 0.2) is 5.96 Å². The highest BCUT2D eigenvalue weighted by Gasteiger charge is 2.20. The summed E-state index contributed by atoms with van der Waals surface area (Å²) >= 11 is 3.01. The maximum absolute atomic E-state index is 12.0. The zero-order chi connectivity index (χ0) is 19.8. The number of aryl methyl sites for hydroxylation is 2. The Kier molecular flexibility index (Phi) is 10.9. The predicted molar refractivity (Wildman–Crippen MR) is 126 cm³/mol. The average molecular weight is 537 g/mol. The molecule has 0 aromatic carbocycles. The Morgan fingerprint density at radius 2 is 2.07 bits per heavy atom. The number of nitrogens with zero attached hydrogens (tertiary/aromatic N) is 3. The van der Waals surface area contributed by atoms with Crippen LogP contribution in [-0.4, -0.2) is 41.6 Å². The lowest BCUT2D eigenvalue weighted by Gasteiger charge is -2.15. The molecule has 2 heterocycles. The predicted octanol–water partition coefficient (Wildman–Crippen LogP) is 3.87. The molecule has 0 aliphatic rings. The van der Waals surface area contributed by atoms with Gasteiger partial charge in [0.25, 0.3) is 0 Å². The largest absolute Gasteiger partial charge is 0.462 e. The van der Waals surface area contributed by atoms with Crippen LogP contribution < -0.4 is 10.6 Å². The summed E-state index contributed by atoms with van der Waals surface area (Å²) in [6.07, 6.45) is 0.804. The number of ether oxygens (including phenoxy) is 1. The van der Waals surface area contributed by atoms with E-state index in [9.17, 15) is 4.79 Å².